The van der Waals surface area contributed by atoms with Gasteiger partial charge in [-0.25, -0.2) is 0 Å². The van der Waals surface area contributed by atoms with Gasteiger partial charge in [0.25, 0.3) is 0 Å². The molecule has 12 aromatic rings. The van der Waals surface area contributed by atoms with Crippen molar-refractivity contribution in [2.24, 2.45) is 0 Å². The number of fused-ring (bicyclic) bond motifs is 8. The van der Waals surface area contributed by atoms with Crippen molar-refractivity contribution in [3.05, 3.63) is 243 Å². The number of benzene rings is 12. The fraction of sp³-hybridized carbons (Fsp3) is 0. The first-order valence-corrected chi connectivity index (χ1v) is 21.3. The number of para-hydroxylation sites is 2. The SMILES string of the molecule is c1ccc(N(c2ccccc2)c2ccc3cc(-c4cc5cc(N(c6cccc7ccccc67)c6cccc7ccccc67)c6ccccc6c5c5ccccc45)ccc3c2)cc1. The van der Waals surface area contributed by atoms with Crippen LogP contribution in [0.3, 0.4) is 0 Å². The molecule has 12 rings (SSSR count). The highest BCUT2D eigenvalue weighted by atomic mass is 15.2. The topological polar surface area (TPSA) is 6.48 Å². The molecule has 290 valence electrons. The van der Waals surface area contributed by atoms with Gasteiger partial charge in [-0.15, -0.1) is 0 Å². The Labute approximate surface area is 360 Å². The van der Waals surface area contributed by atoms with Gasteiger partial charge in [-0.05, 0) is 126 Å². The van der Waals surface area contributed by atoms with E-state index in [-0.39, 0.29) is 0 Å². The van der Waals surface area contributed by atoms with Crippen LogP contribution >= 0.6 is 0 Å². The second kappa shape index (κ2) is 14.8. The molecular weight excluding hydrogens is 749 g/mol. The molecule has 0 bridgehead atoms. The van der Waals surface area contributed by atoms with Gasteiger partial charge in [-0.1, -0.05) is 176 Å². The Balaban J connectivity index is 1.08. The molecule has 0 N–H and O–H groups in total. The largest absolute Gasteiger partial charge is 0.310 e. The first-order chi connectivity index (χ1) is 30.8. The van der Waals surface area contributed by atoms with Crippen LogP contribution in [0.25, 0.3) is 75.8 Å². The molecule has 12 aromatic carbocycles. The van der Waals surface area contributed by atoms with E-state index < -0.39 is 0 Å². The Hall–Kier alpha value is -8.20. The first-order valence-electron chi connectivity index (χ1n) is 21.3. The molecule has 0 unspecified atom stereocenters. The second-order valence-electron chi connectivity index (χ2n) is 16.1. The van der Waals surface area contributed by atoms with Crippen molar-refractivity contribution in [1.29, 1.82) is 0 Å². The first kappa shape index (κ1) is 35.7. The van der Waals surface area contributed by atoms with E-state index in [9.17, 15) is 0 Å². The summed E-state index contributed by atoms with van der Waals surface area (Å²) in [6.07, 6.45) is 0. The molecule has 0 fully saturated rings. The van der Waals surface area contributed by atoms with Gasteiger partial charge in [0.15, 0.2) is 0 Å². The lowest BCUT2D eigenvalue weighted by atomic mass is 9.89. The molecule has 0 saturated heterocycles. The molecule has 0 heterocycles. The Bertz CT molecular complexity index is 3520. The van der Waals surface area contributed by atoms with E-state index >= 15 is 0 Å². The smallest absolute Gasteiger partial charge is 0.0546 e. The summed E-state index contributed by atoms with van der Waals surface area (Å²) in [7, 11) is 0. The average molecular weight is 789 g/mol. The molecule has 0 saturated carbocycles. The molecule has 0 aromatic heterocycles. The predicted octanol–water partition coefficient (Wildman–Crippen LogP) is 17.2. The molecule has 0 amide bonds. The van der Waals surface area contributed by atoms with Crippen molar-refractivity contribution in [3.63, 3.8) is 0 Å². The highest BCUT2D eigenvalue weighted by molar-refractivity contribution is 6.26. The van der Waals surface area contributed by atoms with Crippen molar-refractivity contribution >= 4 is 98.8 Å². The molecule has 0 atom stereocenters. The van der Waals surface area contributed by atoms with Crippen LogP contribution in [-0.2, 0) is 0 Å². The van der Waals surface area contributed by atoms with Gasteiger partial charge in [0.1, 0.15) is 0 Å². The molecule has 2 nitrogen and oxygen atoms in total. The normalized spacial score (nSPS) is 11.5. The van der Waals surface area contributed by atoms with Gasteiger partial charge in [0.2, 0.25) is 0 Å². The summed E-state index contributed by atoms with van der Waals surface area (Å²) >= 11 is 0. The Morgan fingerprint density at radius 2 is 0.710 bits per heavy atom. The van der Waals surface area contributed by atoms with E-state index in [0.717, 1.165) is 34.1 Å². The second-order valence-corrected chi connectivity index (χ2v) is 16.1. The number of rotatable bonds is 7. The van der Waals surface area contributed by atoms with Crippen molar-refractivity contribution in [1.82, 2.24) is 0 Å². The van der Waals surface area contributed by atoms with Crippen molar-refractivity contribution < 1.29 is 0 Å². The lowest BCUT2D eigenvalue weighted by Gasteiger charge is -2.30. The summed E-state index contributed by atoms with van der Waals surface area (Å²) in [4.78, 5) is 4.83. The lowest BCUT2D eigenvalue weighted by molar-refractivity contribution is 1.29. The zero-order valence-corrected chi connectivity index (χ0v) is 34.0. The Kier molecular flexibility index (Phi) is 8.53. The summed E-state index contributed by atoms with van der Waals surface area (Å²) in [5.41, 5.74) is 9.24. The quantitative estimate of drug-likeness (QED) is 0.148. The minimum Gasteiger partial charge on any atom is -0.310 e. The summed E-state index contributed by atoms with van der Waals surface area (Å²) in [5, 5.41) is 14.7. The van der Waals surface area contributed by atoms with Crippen LogP contribution in [0.5, 0.6) is 0 Å². The van der Waals surface area contributed by atoms with Crippen LogP contribution in [0.2, 0.25) is 0 Å². The highest BCUT2D eigenvalue weighted by Gasteiger charge is 2.22. The van der Waals surface area contributed by atoms with Crippen LogP contribution in [0.1, 0.15) is 0 Å². The number of anilines is 6. The molecule has 0 aliphatic rings. The van der Waals surface area contributed by atoms with Gasteiger partial charge in [0, 0.05) is 33.2 Å². The molecule has 0 spiro atoms. The third-order valence-corrected chi connectivity index (χ3v) is 12.5. The van der Waals surface area contributed by atoms with E-state index in [1.807, 2.05) is 0 Å². The summed E-state index contributed by atoms with van der Waals surface area (Å²) in [6, 6.07) is 88.6. The van der Waals surface area contributed by atoms with Gasteiger partial charge in [-0.2, -0.15) is 0 Å². The molecule has 0 aliphatic carbocycles. The monoisotopic (exact) mass is 788 g/mol. The van der Waals surface area contributed by atoms with Crippen LogP contribution in [0.15, 0.2) is 243 Å². The maximum absolute atomic E-state index is 2.50. The van der Waals surface area contributed by atoms with Gasteiger partial charge in [-0.3, -0.25) is 0 Å². The molecule has 2 heteroatoms. The predicted molar refractivity (Wildman–Crippen MR) is 266 cm³/mol. The maximum Gasteiger partial charge on any atom is 0.0546 e. The number of hydrogen-bond donors (Lipinski definition) is 0. The number of nitrogens with zero attached hydrogens (tertiary/aromatic N) is 2. The molecular formula is C60H40N2. The standard InChI is InChI=1S/C60H40N2/c1-3-21-47(22-4-1)61(48-23-5-2-6-24-48)49-36-35-43-37-45(34-33-44(43)38-49)56-39-46-40-59(53-28-12-14-30-55(53)60(46)54-29-13-11-27-52(54)56)62(57-31-15-19-41-17-7-9-25-50(41)57)58-32-16-20-42-18-8-10-26-51(42)58/h1-40H. The summed E-state index contributed by atoms with van der Waals surface area (Å²) in [6.45, 7) is 0. The van der Waals surface area contributed by atoms with Crippen molar-refractivity contribution in [2.75, 3.05) is 9.80 Å². The Morgan fingerprint density at radius 3 is 1.34 bits per heavy atom. The molecule has 62 heavy (non-hydrogen) atoms. The van der Waals surface area contributed by atoms with E-state index in [0.29, 0.717) is 0 Å². The van der Waals surface area contributed by atoms with Crippen LogP contribution in [-0.4, -0.2) is 0 Å². The highest BCUT2D eigenvalue weighted by Crippen LogP contribution is 2.48. The zero-order chi connectivity index (χ0) is 41.0. The fourth-order valence-electron chi connectivity index (χ4n) is 9.72. The van der Waals surface area contributed by atoms with Crippen LogP contribution in [0.4, 0.5) is 34.1 Å². The summed E-state index contributed by atoms with van der Waals surface area (Å²) in [5.74, 6) is 0. The zero-order valence-electron chi connectivity index (χ0n) is 34.0. The summed E-state index contributed by atoms with van der Waals surface area (Å²) < 4.78 is 0. The van der Waals surface area contributed by atoms with E-state index in [1.165, 1.54) is 75.8 Å². The molecule has 0 aliphatic heterocycles. The van der Waals surface area contributed by atoms with Crippen LogP contribution < -0.4 is 9.80 Å². The van der Waals surface area contributed by atoms with E-state index in [2.05, 4.69) is 252 Å². The lowest BCUT2D eigenvalue weighted by Crippen LogP contribution is -2.12. The maximum atomic E-state index is 2.50. The van der Waals surface area contributed by atoms with Crippen molar-refractivity contribution in [3.8, 4) is 11.1 Å². The van der Waals surface area contributed by atoms with Crippen LogP contribution in [0, 0.1) is 0 Å². The van der Waals surface area contributed by atoms with Gasteiger partial charge < -0.3 is 9.80 Å². The average Bonchev–Trinajstić information content (AvgIpc) is 3.34. The van der Waals surface area contributed by atoms with Gasteiger partial charge in [0.05, 0.1) is 17.1 Å². The third kappa shape index (κ3) is 5.96. The van der Waals surface area contributed by atoms with Crippen molar-refractivity contribution in [2.45, 2.75) is 0 Å². The minimum atomic E-state index is 1.13. The van der Waals surface area contributed by atoms with E-state index in [1.54, 1.807) is 0 Å². The minimum absolute atomic E-state index is 1.13. The fourth-order valence-corrected chi connectivity index (χ4v) is 9.72. The number of hydrogen-bond acceptors (Lipinski definition) is 2. The van der Waals surface area contributed by atoms with E-state index in [4.69, 9.17) is 0 Å². The molecule has 0 radical (unpaired) electrons. The van der Waals surface area contributed by atoms with Gasteiger partial charge >= 0.3 is 0 Å². The Morgan fingerprint density at radius 1 is 0.226 bits per heavy atom. The third-order valence-electron chi connectivity index (χ3n) is 12.5.